The number of nitrogens with zero attached hydrogens (tertiary/aromatic N) is 3. The Hall–Kier alpha value is -1.03. The van der Waals surface area contributed by atoms with Gasteiger partial charge >= 0.3 is 0 Å². The van der Waals surface area contributed by atoms with Gasteiger partial charge in [-0.25, -0.2) is 0 Å². The maximum absolute atomic E-state index is 13.1. The third kappa shape index (κ3) is 5.06. The summed E-state index contributed by atoms with van der Waals surface area (Å²) in [7, 11) is 0. The number of rotatable bonds is 6. The second-order valence-corrected chi connectivity index (χ2v) is 9.39. The summed E-state index contributed by atoms with van der Waals surface area (Å²) in [4.78, 5) is 4.61. The first kappa shape index (κ1) is 23.6. The molecule has 0 amide bonds. The van der Waals surface area contributed by atoms with Gasteiger partial charge in [0.05, 0.1) is 24.5 Å². The Labute approximate surface area is 192 Å². The number of benzene rings is 2. The van der Waals surface area contributed by atoms with Crippen LogP contribution in [0.3, 0.4) is 0 Å². The molecule has 164 valence electrons. The maximum Gasteiger partial charge on any atom is 0.129 e. The molecule has 0 bridgehead atoms. The van der Waals surface area contributed by atoms with Gasteiger partial charge in [0, 0.05) is 27.8 Å². The van der Waals surface area contributed by atoms with E-state index < -0.39 is 4.65 Å². The van der Waals surface area contributed by atoms with Gasteiger partial charge in [-0.3, -0.25) is 0 Å². The molecule has 0 aliphatic carbocycles. The van der Waals surface area contributed by atoms with Gasteiger partial charge in [-0.15, -0.1) is 12.4 Å². The summed E-state index contributed by atoms with van der Waals surface area (Å²) in [5.74, 6) is 0. The molecule has 0 aromatic heterocycles. The molecular formula is C21H27Cl2N3O3S. The fourth-order valence-corrected chi connectivity index (χ4v) is 5.38. The van der Waals surface area contributed by atoms with Gasteiger partial charge in [0.25, 0.3) is 0 Å². The number of anilines is 2. The largest absolute Gasteiger partial charge is 0.632 e. The van der Waals surface area contributed by atoms with E-state index in [2.05, 4.69) is 17.0 Å². The molecule has 2 aromatic rings. The van der Waals surface area contributed by atoms with E-state index in [4.69, 9.17) is 16.7 Å². The lowest BCUT2D eigenvalue weighted by Crippen LogP contribution is -2.63. The molecule has 0 atom stereocenters. The zero-order valence-electron chi connectivity index (χ0n) is 16.7. The van der Waals surface area contributed by atoms with E-state index in [0.717, 1.165) is 29.2 Å². The average Bonchev–Trinajstić information content (AvgIpc) is 2.71. The third-order valence-corrected chi connectivity index (χ3v) is 7.24. The normalized spacial score (nSPS) is 25.3. The number of halogens is 2. The Bertz CT molecular complexity index is 878. The molecule has 2 aliphatic heterocycles. The molecule has 9 heteroatoms. The number of fused-ring (bicyclic) bond motifs is 2. The van der Waals surface area contributed by atoms with Crippen LogP contribution in [0.5, 0.6) is 0 Å². The van der Waals surface area contributed by atoms with Crippen molar-refractivity contribution in [2.45, 2.75) is 16.2 Å². The highest BCUT2D eigenvalue weighted by atomic mass is 35.5. The smallest absolute Gasteiger partial charge is 0.129 e. The first-order valence-corrected chi connectivity index (χ1v) is 11.2. The number of para-hydroxylation sites is 1. The molecule has 0 spiro atoms. The highest BCUT2D eigenvalue weighted by molar-refractivity contribution is 7.99. The number of hydrogen-bond acceptors (Lipinski definition) is 5. The van der Waals surface area contributed by atoms with Crippen LogP contribution in [-0.2, 0) is 0 Å². The Kier molecular flexibility index (Phi) is 7.58. The van der Waals surface area contributed by atoms with E-state index in [-0.39, 0.29) is 43.3 Å². The van der Waals surface area contributed by atoms with Crippen molar-refractivity contribution >= 4 is 47.1 Å². The lowest BCUT2D eigenvalue weighted by Gasteiger charge is -2.54. The van der Waals surface area contributed by atoms with Crippen LogP contribution < -0.4 is 4.90 Å². The van der Waals surface area contributed by atoms with E-state index in [1.165, 1.54) is 4.90 Å². The molecular weight excluding hydrogens is 445 g/mol. The second kappa shape index (κ2) is 9.63. The molecule has 2 aromatic carbocycles. The lowest BCUT2D eigenvalue weighted by atomic mass is 10.2. The van der Waals surface area contributed by atoms with E-state index in [1.54, 1.807) is 11.8 Å². The predicted octanol–water partition coefficient (Wildman–Crippen LogP) is 4.39. The first-order chi connectivity index (χ1) is 13.9. The Morgan fingerprint density at radius 1 is 0.933 bits per heavy atom. The monoisotopic (exact) mass is 471 g/mol. The number of quaternary nitrogens is 2. The fourth-order valence-electron chi connectivity index (χ4n) is 4.14. The van der Waals surface area contributed by atoms with Gasteiger partial charge in [0.2, 0.25) is 0 Å². The van der Waals surface area contributed by atoms with E-state index in [9.17, 15) is 10.4 Å². The van der Waals surface area contributed by atoms with Gasteiger partial charge in [-0.05, 0) is 30.3 Å². The SMILES string of the molecule is Cl.[O-][N+]1(CCO)CC[N+]([O-])(CCCN2c3ccccc3Sc3ccc(Cl)cc32)CC1. The molecule has 30 heavy (non-hydrogen) atoms. The topological polar surface area (TPSA) is 69.6 Å². The minimum absolute atomic E-state index is 0. The van der Waals surface area contributed by atoms with Crippen LogP contribution >= 0.6 is 35.8 Å². The molecule has 0 unspecified atom stereocenters. The summed E-state index contributed by atoms with van der Waals surface area (Å²) < 4.78 is -0.762. The molecule has 0 saturated carbocycles. The molecule has 2 aliphatic rings. The van der Waals surface area contributed by atoms with Gasteiger partial charge in [-0.1, -0.05) is 35.5 Å². The second-order valence-electron chi connectivity index (χ2n) is 7.87. The molecule has 1 N–H and O–H groups in total. The van der Waals surface area contributed by atoms with Crippen molar-refractivity contribution < 1.29 is 14.4 Å². The highest BCUT2D eigenvalue weighted by Crippen LogP contribution is 2.48. The molecule has 0 radical (unpaired) electrons. The standard InChI is InChI=1S/C21H26ClN3O3S.ClH/c22-17-6-7-21-19(16-17)23(18-4-1-2-5-20(18)29-21)8-3-9-24(27)10-12-25(28,13-11-24)14-15-26;/h1-2,4-7,16,26H,3,8-15H2;1H. The van der Waals surface area contributed by atoms with Gasteiger partial charge in [0.15, 0.2) is 0 Å². The Morgan fingerprint density at radius 2 is 1.57 bits per heavy atom. The summed E-state index contributed by atoms with van der Waals surface area (Å²) in [5.41, 5.74) is 2.22. The number of aliphatic hydroxyl groups is 1. The molecule has 6 nitrogen and oxygen atoms in total. The highest BCUT2D eigenvalue weighted by Gasteiger charge is 2.32. The van der Waals surface area contributed by atoms with Crippen LogP contribution in [0.4, 0.5) is 11.4 Å². The van der Waals surface area contributed by atoms with Crippen LogP contribution in [0.15, 0.2) is 52.3 Å². The quantitative estimate of drug-likeness (QED) is 0.499. The third-order valence-electron chi connectivity index (χ3n) is 5.87. The summed E-state index contributed by atoms with van der Waals surface area (Å²) in [6.07, 6.45) is 0.729. The van der Waals surface area contributed by atoms with E-state index in [0.29, 0.717) is 24.7 Å². The average molecular weight is 472 g/mol. The number of hydroxylamine groups is 6. The van der Waals surface area contributed by atoms with Crippen LogP contribution in [0.2, 0.25) is 5.02 Å². The minimum atomic E-state index is -0.443. The van der Waals surface area contributed by atoms with Gasteiger partial charge in [0.1, 0.15) is 32.7 Å². The number of piperazine rings is 1. The van der Waals surface area contributed by atoms with Crippen molar-refractivity contribution in [2.24, 2.45) is 0 Å². The minimum Gasteiger partial charge on any atom is -0.632 e. The van der Waals surface area contributed by atoms with E-state index in [1.807, 2.05) is 30.3 Å². The van der Waals surface area contributed by atoms with Crippen LogP contribution in [0.1, 0.15) is 6.42 Å². The van der Waals surface area contributed by atoms with Crippen molar-refractivity contribution in [3.8, 4) is 0 Å². The summed E-state index contributed by atoms with van der Waals surface area (Å²) in [6, 6.07) is 14.2. The summed E-state index contributed by atoms with van der Waals surface area (Å²) >= 11 is 8.00. The van der Waals surface area contributed by atoms with E-state index >= 15 is 0 Å². The maximum atomic E-state index is 13.1. The van der Waals surface area contributed by atoms with Crippen molar-refractivity contribution in [1.82, 2.24) is 0 Å². The lowest BCUT2D eigenvalue weighted by molar-refractivity contribution is -0.989. The van der Waals surface area contributed by atoms with Gasteiger partial charge in [-0.2, -0.15) is 0 Å². The number of aliphatic hydroxyl groups excluding tert-OH is 1. The predicted molar refractivity (Wildman–Crippen MR) is 124 cm³/mol. The molecule has 1 fully saturated rings. The van der Waals surface area contributed by atoms with Crippen molar-refractivity contribution in [2.75, 3.05) is 57.3 Å². The Morgan fingerprint density at radius 3 is 2.27 bits per heavy atom. The Balaban J connectivity index is 0.00000256. The van der Waals surface area contributed by atoms with Crippen molar-refractivity contribution in [3.05, 3.63) is 57.9 Å². The first-order valence-electron chi connectivity index (χ1n) is 10.0. The number of hydrogen-bond donors (Lipinski definition) is 1. The zero-order chi connectivity index (χ0) is 20.5. The van der Waals surface area contributed by atoms with Crippen LogP contribution in [-0.4, -0.2) is 66.8 Å². The fraction of sp³-hybridized carbons (Fsp3) is 0.429. The molecule has 2 heterocycles. The van der Waals surface area contributed by atoms with Crippen LogP contribution in [0, 0.1) is 10.4 Å². The van der Waals surface area contributed by atoms with Crippen molar-refractivity contribution in [1.29, 1.82) is 0 Å². The van der Waals surface area contributed by atoms with Crippen LogP contribution in [0.25, 0.3) is 0 Å². The van der Waals surface area contributed by atoms with Crippen molar-refractivity contribution in [3.63, 3.8) is 0 Å². The molecule has 1 saturated heterocycles. The zero-order valence-corrected chi connectivity index (χ0v) is 19.1. The van der Waals surface area contributed by atoms with Gasteiger partial charge < -0.3 is 29.7 Å². The molecule has 4 rings (SSSR count). The summed E-state index contributed by atoms with van der Waals surface area (Å²) in [6.45, 7) is 2.46. The summed E-state index contributed by atoms with van der Waals surface area (Å²) in [5, 5.41) is 35.3.